The van der Waals surface area contributed by atoms with Crippen LogP contribution in [0.2, 0.25) is 0 Å². The van der Waals surface area contributed by atoms with Crippen LogP contribution in [0.4, 0.5) is 4.39 Å². The lowest BCUT2D eigenvalue weighted by atomic mass is 9.90. The molecule has 2 heterocycles. The summed E-state index contributed by atoms with van der Waals surface area (Å²) in [7, 11) is 3.38. The second-order valence-corrected chi connectivity index (χ2v) is 9.97. The number of nitrogens with one attached hydrogen (secondary N) is 1. The Hall–Kier alpha value is -3.16. The van der Waals surface area contributed by atoms with Crippen molar-refractivity contribution in [3.05, 3.63) is 83.3 Å². The summed E-state index contributed by atoms with van der Waals surface area (Å²) < 4.78 is 33.0. The highest BCUT2D eigenvalue weighted by molar-refractivity contribution is 7.97. The molecule has 5 nitrogen and oxygen atoms in total. The van der Waals surface area contributed by atoms with Gasteiger partial charge >= 0.3 is 0 Å². The Morgan fingerprint density at radius 3 is 2.61 bits per heavy atom. The van der Waals surface area contributed by atoms with Crippen molar-refractivity contribution in [3.8, 4) is 17.2 Å². The van der Waals surface area contributed by atoms with E-state index in [1.807, 2.05) is 25.1 Å². The number of halogens is 1. The molecule has 0 spiro atoms. The molecule has 1 aliphatic rings. The SMILES string of the molecule is CCOc1cc2c(cc1OC)CCN(Sc1ccc(F)cc1)C2CCc1c[nH]c2ccc(OC)cc12. The zero-order valence-electron chi connectivity index (χ0n) is 20.8. The van der Waals surface area contributed by atoms with Crippen LogP contribution in [0.15, 0.2) is 65.7 Å². The maximum atomic E-state index is 13.5. The molecule has 1 unspecified atom stereocenters. The summed E-state index contributed by atoms with van der Waals surface area (Å²) in [5, 5.41) is 1.19. The Kier molecular flexibility index (Phi) is 7.39. The lowest BCUT2D eigenvalue weighted by molar-refractivity contribution is 0.299. The largest absolute Gasteiger partial charge is 0.497 e. The number of nitrogens with zero attached hydrogens (tertiary/aromatic N) is 1. The highest BCUT2D eigenvalue weighted by Crippen LogP contribution is 2.44. The Labute approximate surface area is 215 Å². The summed E-state index contributed by atoms with van der Waals surface area (Å²) in [6.45, 7) is 3.45. The van der Waals surface area contributed by atoms with Gasteiger partial charge in [0.1, 0.15) is 11.6 Å². The first-order chi connectivity index (χ1) is 17.6. The molecule has 0 bridgehead atoms. The van der Waals surface area contributed by atoms with E-state index in [-0.39, 0.29) is 11.9 Å². The third-order valence-corrected chi connectivity index (χ3v) is 7.89. The fourth-order valence-electron chi connectivity index (χ4n) is 4.94. The number of aromatic amines is 1. The first kappa shape index (κ1) is 24.5. The second-order valence-electron chi connectivity index (χ2n) is 8.85. The lowest BCUT2D eigenvalue weighted by Gasteiger charge is -2.37. The topological polar surface area (TPSA) is 46.7 Å². The van der Waals surface area contributed by atoms with Crippen molar-refractivity contribution < 1.29 is 18.6 Å². The summed E-state index contributed by atoms with van der Waals surface area (Å²) >= 11 is 1.69. The molecule has 0 fully saturated rings. The van der Waals surface area contributed by atoms with E-state index in [0.717, 1.165) is 53.5 Å². The standard InChI is InChI=1S/C29H31FN2O3S/c1-4-35-29-17-25-19(15-28(29)34-3)13-14-32(36-23-9-6-21(30)7-10-23)27(25)12-5-20-18-31-26-11-8-22(33-2)16-24(20)26/h6-11,15-18,27,31H,4-5,12-14H2,1-3H3. The fraction of sp³-hybridized carbons (Fsp3) is 0.310. The van der Waals surface area contributed by atoms with Crippen molar-refractivity contribution in [2.45, 2.75) is 37.1 Å². The monoisotopic (exact) mass is 506 g/mol. The van der Waals surface area contributed by atoms with E-state index in [2.05, 4.69) is 39.8 Å². The molecule has 4 aromatic rings. The molecular weight excluding hydrogens is 475 g/mol. The van der Waals surface area contributed by atoms with Crippen LogP contribution in [0.1, 0.15) is 36.1 Å². The van der Waals surface area contributed by atoms with Gasteiger partial charge in [0.25, 0.3) is 0 Å². The van der Waals surface area contributed by atoms with Gasteiger partial charge in [-0.15, -0.1) is 0 Å². The molecular formula is C29H31FN2O3S. The minimum Gasteiger partial charge on any atom is -0.497 e. The molecule has 0 saturated carbocycles. The van der Waals surface area contributed by atoms with Crippen molar-refractivity contribution >= 4 is 22.9 Å². The number of benzene rings is 3. The van der Waals surface area contributed by atoms with Crippen LogP contribution < -0.4 is 14.2 Å². The highest BCUT2D eigenvalue weighted by Gasteiger charge is 2.30. The minimum atomic E-state index is -0.219. The Morgan fingerprint density at radius 1 is 1.03 bits per heavy atom. The number of hydrogen-bond donors (Lipinski definition) is 1. The van der Waals surface area contributed by atoms with Crippen LogP contribution in [0.3, 0.4) is 0 Å². The van der Waals surface area contributed by atoms with Crippen LogP contribution in [0.5, 0.6) is 17.2 Å². The van der Waals surface area contributed by atoms with E-state index < -0.39 is 0 Å². The number of H-pyrrole nitrogens is 1. The summed E-state index contributed by atoms with van der Waals surface area (Å²) in [5.74, 6) is 2.18. The van der Waals surface area contributed by atoms with Crippen molar-refractivity contribution in [1.82, 2.24) is 9.29 Å². The van der Waals surface area contributed by atoms with Crippen LogP contribution in [0, 0.1) is 5.82 Å². The predicted octanol–water partition coefficient (Wildman–Crippen LogP) is 6.96. The van der Waals surface area contributed by atoms with E-state index in [4.69, 9.17) is 14.2 Å². The van der Waals surface area contributed by atoms with Crippen LogP contribution in [-0.2, 0) is 12.8 Å². The third-order valence-electron chi connectivity index (χ3n) is 6.73. The quantitative estimate of drug-likeness (QED) is 0.249. The number of aromatic nitrogens is 1. The van der Waals surface area contributed by atoms with Crippen molar-refractivity contribution in [2.75, 3.05) is 27.4 Å². The Bertz CT molecular complexity index is 1340. The van der Waals surface area contributed by atoms with Gasteiger partial charge < -0.3 is 19.2 Å². The molecule has 188 valence electrons. The number of aryl methyl sites for hydroxylation is 1. The van der Waals surface area contributed by atoms with Gasteiger partial charge in [0.2, 0.25) is 0 Å². The van der Waals surface area contributed by atoms with Crippen molar-refractivity contribution in [3.63, 3.8) is 0 Å². The predicted molar refractivity (Wildman–Crippen MR) is 143 cm³/mol. The Morgan fingerprint density at radius 2 is 1.86 bits per heavy atom. The van der Waals surface area contributed by atoms with Gasteiger partial charge in [-0.1, -0.05) is 0 Å². The van der Waals surface area contributed by atoms with Gasteiger partial charge in [0, 0.05) is 34.6 Å². The van der Waals surface area contributed by atoms with Gasteiger partial charge in [0.15, 0.2) is 11.5 Å². The number of methoxy groups -OCH3 is 2. The van der Waals surface area contributed by atoms with Gasteiger partial charge in [-0.25, -0.2) is 8.70 Å². The average molecular weight is 507 g/mol. The third kappa shape index (κ3) is 5.04. The summed E-state index contributed by atoms with van der Waals surface area (Å²) in [4.78, 5) is 4.43. The van der Waals surface area contributed by atoms with E-state index in [9.17, 15) is 4.39 Å². The number of ether oxygens (including phenoxy) is 3. The first-order valence-corrected chi connectivity index (χ1v) is 13.0. The molecule has 1 aromatic heterocycles. The number of fused-ring (bicyclic) bond motifs is 2. The number of rotatable bonds is 9. The minimum absolute atomic E-state index is 0.157. The van der Waals surface area contributed by atoms with Gasteiger partial charge in [-0.3, -0.25) is 0 Å². The number of hydrogen-bond acceptors (Lipinski definition) is 5. The summed E-state index contributed by atoms with van der Waals surface area (Å²) in [6, 6.07) is 17.3. The molecule has 36 heavy (non-hydrogen) atoms. The maximum absolute atomic E-state index is 13.5. The normalized spacial score (nSPS) is 15.6. The molecule has 0 aliphatic carbocycles. The molecule has 0 saturated heterocycles. The van der Waals surface area contributed by atoms with Crippen LogP contribution in [-0.4, -0.2) is 36.7 Å². The zero-order valence-corrected chi connectivity index (χ0v) is 21.7. The smallest absolute Gasteiger partial charge is 0.161 e. The van der Waals surface area contributed by atoms with E-state index in [1.54, 1.807) is 26.2 Å². The molecule has 5 rings (SSSR count). The molecule has 1 aliphatic heterocycles. The zero-order chi connectivity index (χ0) is 25.1. The molecule has 1 atom stereocenters. The van der Waals surface area contributed by atoms with E-state index in [0.29, 0.717) is 6.61 Å². The van der Waals surface area contributed by atoms with Gasteiger partial charge in [-0.05, 0) is 109 Å². The summed E-state index contributed by atoms with van der Waals surface area (Å²) in [5.41, 5.74) is 4.92. The fourth-order valence-corrected chi connectivity index (χ4v) is 5.99. The van der Waals surface area contributed by atoms with E-state index >= 15 is 0 Å². The lowest BCUT2D eigenvalue weighted by Crippen LogP contribution is -2.31. The molecule has 3 aromatic carbocycles. The van der Waals surface area contributed by atoms with Crippen LogP contribution in [0.25, 0.3) is 10.9 Å². The van der Waals surface area contributed by atoms with Crippen LogP contribution >= 0.6 is 11.9 Å². The Balaban J connectivity index is 1.48. The maximum Gasteiger partial charge on any atom is 0.161 e. The molecule has 0 amide bonds. The van der Waals surface area contributed by atoms with Gasteiger partial charge in [-0.2, -0.15) is 0 Å². The van der Waals surface area contributed by atoms with Gasteiger partial charge in [0.05, 0.1) is 20.8 Å². The average Bonchev–Trinajstić information content (AvgIpc) is 3.31. The highest BCUT2D eigenvalue weighted by atomic mass is 32.2. The second kappa shape index (κ2) is 10.8. The van der Waals surface area contributed by atoms with Crippen molar-refractivity contribution in [1.29, 1.82) is 0 Å². The molecule has 7 heteroatoms. The molecule has 1 N–H and O–H groups in total. The molecule has 0 radical (unpaired) electrons. The van der Waals surface area contributed by atoms with E-state index in [1.165, 1.54) is 34.2 Å². The first-order valence-electron chi connectivity index (χ1n) is 12.3. The van der Waals surface area contributed by atoms with Crippen molar-refractivity contribution in [2.24, 2.45) is 0 Å². The summed E-state index contributed by atoms with van der Waals surface area (Å²) in [6.07, 6.45) is 4.83.